The van der Waals surface area contributed by atoms with Crippen molar-refractivity contribution >= 4 is 17.2 Å². The molecule has 1 aromatic carbocycles. The summed E-state index contributed by atoms with van der Waals surface area (Å²) in [5.74, 6) is -0.858. The SMILES string of the molecule is CC(C)(C)COc1ccc(N/N=C(\C#N)C(=N)N)cc1F. The minimum absolute atomic E-state index is 0.0726. The molecule has 0 spiro atoms. The first-order chi connectivity index (χ1) is 9.73. The Hall–Kier alpha value is -2.62. The minimum atomic E-state index is -0.541. The summed E-state index contributed by atoms with van der Waals surface area (Å²) >= 11 is 0. The second-order valence-electron chi connectivity index (χ2n) is 5.59. The number of ether oxygens (including phenoxy) is 1. The molecule has 0 amide bonds. The molecule has 0 saturated carbocycles. The Bertz CT molecular complexity index is 598. The number of rotatable bonds is 5. The zero-order chi connectivity index (χ0) is 16.0. The average Bonchev–Trinajstić information content (AvgIpc) is 2.37. The van der Waals surface area contributed by atoms with E-state index in [-0.39, 0.29) is 16.9 Å². The molecule has 0 radical (unpaired) electrons. The zero-order valence-corrected chi connectivity index (χ0v) is 12.2. The van der Waals surface area contributed by atoms with Gasteiger partial charge in [0.1, 0.15) is 6.07 Å². The molecule has 0 heterocycles. The van der Waals surface area contributed by atoms with Crippen LogP contribution in [0.3, 0.4) is 0 Å². The third kappa shape index (κ3) is 5.48. The van der Waals surface area contributed by atoms with Gasteiger partial charge in [0.05, 0.1) is 12.3 Å². The fourth-order valence-corrected chi connectivity index (χ4v) is 1.25. The van der Waals surface area contributed by atoms with Crippen molar-refractivity contribution in [3.8, 4) is 11.8 Å². The molecule has 4 N–H and O–H groups in total. The summed E-state index contributed by atoms with van der Waals surface area (Å²) in [5, 5.41) is 19.4. The third-order valence-corrected chi connectivity index (χ3v) is 2.25. The summed E-state index contributed by atoms with van der Waals surface area (Å²) in [4.78, 5) is 0. The van der Waals surface area contributed by atoms with Crippen LogP contribution in [0.25, 0.3) is 0 Å². The lowest BCUT2D eigenvalue weighted by atomic mass is 9.99. The van der Waals surface area contributed by atoms with E-state index in [2.05, 4.69) is 10.5 Å². The van der Waals surface area contributed by atoms with Gasteiger partial charge < -0.3 is 10.5 Å². The van der Waals surface area contributed by atoms with E-state index in [1.165, 1.54) is 12.1 Å². The Labute approximate surface area is 122 Å². The van der Waals surface area contributed by atoms with Crippen LogP contribution in [0.1, 0.15) is 20.8 Å². The first-order valence-corrected chi connectivity index (χ1v) is 6.23. The maximum absolute atomic E-state index is 13.8. The molecule has 0 atom stereocenters. The number of nitrogens with one attached hydrogen (secondary N) is 2. The molecule has 0 fully saturated rings. The van der Waals surface area contributed by atoms with Crippen LogP contribution in [-0.2, 0) is 0 Å². The predicted molar refractivity (Wildman–Crippen MR) is 79.9 cm³/mol. The smallest absolute Gasteiger partial charge is 0.201 e. The fraction of sp³-hybridized carbons (Fsp3) is 0.357. The second kappa shape index (κ2) is 6.70. The van der Waals surface area contributed by atoms with Crippen LogP contribution in [-0.4, -0.2) is 18.2 Å². The number of nitrogens with zero attached hydrogens (tertiary/aromatic N) is 2. The molecule has 0 aliphatic heterocycles. The molecule has 0 aliphatic rings. The van der Waals surface area contributed by atoms with Gasteiger partial charge >= 0.3 is 0 Å². The van der Waals surface area contributed by atoms with Crippen molar-refractivity contribution in [2.24, 2.45) is 16.3 Å². The highest BCUT2D eigenvalue weighted by molar-refractivity contribution is 6.45. The molecule has 0 saturated heterocycles. The predicted octanol–water partition coefficient (Wildman–Crippen LogP) is 2.48. The summed E-state index contributed by atoms with van der Waals surface area (Å²) in [6.07, 6.45) is 0. The summed E-state index contributed by atoms with van der Waals surface area (Å²) in [6.45, 7) is 6.35. The van der Waals surface area contributed by atoms with Crippen LogP contribution in [0.4, 0.5) is 10.1 Å². The van der Waals surface area contributed by atoms with E-state index in [9.17, 15) is 4.39 Å². The number of nitrogens with two attached hydrogens (primary N) is 1. The van der Waals surface area contributed by atoms with Crippen LogP contribution in [0.15, 0.2) is 23.3 Å². The average molecular weight is 291 g/mol. The number of nitriles is 1. The van der Waals surface area contributed by atoms with Crippen LogP contribution in [0.5, 0.6) is 5.75 Å². The second-order valence-corrected chi connectivity index (χ2v) is 5.59. The largest absolute Gasteiger partial charge is 0.490 e. The number of hydrogen-bond donors (Lipinski definition) is 3. The van der Waals surface area contributed by atoms with Crippen molar-refractivity contribution in [1.29, 1.82) is 10.7 Å². The maximum Gasteiger partial charge on any atom is 0.201 e. The molecule has 7 heteroatoms. The normalized spacial score (nSPS) is 11.7. The monoisotopic (exact) mass is 291 g/mol. The summed E-state index contributed by atoms with van der Waals surface area (Å²) < 4.78 is 19.2. The van der Waals surface area contributed by atoms with Gasteiger partial charge in [-0.1, -0.05) is 20.8 Å². The Kier molecular flexibility index (Phi) is 5.24. The highest BCUT2D eigenvalue weighted by Gasteiger charge is 2.13. The Morgan fingerprint density at radius 2 is 2.19 bits per heavy atom. The molecule has 0 unspecified atom stereocenters. The Morgan fingerprint density at radius 1 is 1.52 bits per heavy atom. The van der Waals surface area contributed by atoms with E-state index >= 15 is 0 Å². The number of anilines is 1. The molecule has 1 rings (SSSR count). The summed E-state index contributed by atoms with van der Waals surface area (Å²) in [7, 11) is 0. The molecule has 6 nitrogen and oxygen atoms in total. The molecular weight excluding hydrogens is 273 g/mol. The van der Waals surface area contributed by atoms with Gasteiger partial charge in [0.15, 0.2) is 17.4 Å². The van der Waals surface area contributed by atoms with E-state index in [0.717, 1.165) is 0 Å². The fourth-order valence-electron chi connectivity index (χ4n) is 1.25. The molecule has 0 bridgehead atoms. The van der Waals surface area contributed by atoms with Crippen LogP contribution in [0, 0.1) is 28.0 Å². The van der Waals surface area contributed by atoms with Gasteiger partial charge in [-0.3, -0.25) is 10.8 Å². The summed E-state index contributed by atoms with van der Waals surface area (Å²) in [5.41, 5.74) is 7.58. The molecule has 0 aliphatic carbocycles. The number of benzene rings is 1. The van der Waals surface area contributed by atoms with Gasteiger partial charge in [0.2, 0.25) is 5.71 Å². The van der Waals surface area contributed by atoms with Gasteiger partial charge in [0, 0.05) is 6.07 Å². The lowest BCUT2D eigenvalue weighted by Gasteiger charge is -2.19. The first kappa shape index (κ1) is 16.4. The van der Waals surface area contributed by atoms with Crippen LogP contribution < -0.4 is 15.9 Å². The zero-order valence-electron chi connectivity index (χ0n) is 12.2. The van der Waals surface area contributed by atoms with Crippen molar-refractivity contribution in [3.63, 3.8) is 0 Å². The topological polar surface area (TPSA) is 107 Å². The Balaban J connectivity index is 2.79. The number of halogens is 1. The van der Waals surface area contributed by atoms with Gasteiger partial charge in [-0.25, -0.2) is 4.39 Å². The van der Waals surface area contributed by atoms with E-state index in [1.54, 1.807) is 12.1 Å². The molecule has 112 valence electrons. The van der Waals surface area contributed by atoms with Gasteiger partial charge in [0.25, 0.3) is 0 Å². The highest BCUT2D eigenvalue weighted by atomic mass is 19.1. The molecular formula is C14H18FN5O. The van der Waals surface area contributed by atoms with Crippen molar-refractivity contribution < 1.29 is 9.13 Å². The number of hydrazone groups is 1. The summed E-state index contributed by atoms with van der Waals surface area (Å²) in [6, 6.07) is 5.87. The van der Waals surface area contributed by atoms with Crippen molar-refractivity contribution in [3.05, 3.63) is 24.0 Å². The van der Waals surface area contributed by atoms with Crippen molar-refractivity contribution in [2.75, 3.05) is 12.0 Å². The van der Waals surface area contributed by atoms with E-state index in [0.29, 0.717) is 12.3 Å². The number of hydrogen-bond acceptors (Lipinski definition) is 5. The first-order valence-electron chi connectivity index (χ1n) is 6.23. The highest BCUT2D eigenvalue weighted by Crippen LogP contribution is 2.23. The van der Waals surface area contributed by atoms with Gasteiger partial charge in [-0.05, 0) is 17.5 Å². The van der Waals surface area contributed by atoms with Crippen molar-refractivity contribution in [1.82, 2.24) is 0 Å². The minimum Gasteiger partial charge on any atom is -0.490 e. The standard InChI is InChI=1S/C14H18FN5O/c1-14(2,3)8-21-12-5-4-9(6-10(12)15)19-20-11(7-16)13(17)18/h4-6,19H,8H2,1-3H3,(H3,17,18)/b20-11+. The quantitative estimate of drug-likeness (QED) is 0.440. The van der Waals surface area contributed by atoms with Gasteiger partial charge in [-0.15, -0.1) is 0 Å². The van der Waals surface area contributed by atoms with Crippen LogP contribution in [0.2, 0.25) is 0 Å². The van der Waals surface area contributed by atoms with Gasteiger partial charge in [-0.2, -0.15) is 10.4 Å². The van der Waals surface area contributed by atoms with E-state index in [1.807, 2.05) is 20.8 Å². The maximum atomic E-state index is 13.8. The number of amidine groups is 1. The molecule has 0 aromatic heterocycles. The molecule has 1 aromatic rings. The molecule has 21 heavy (non-hydrogen) atoms. The van der Waals surface area contributed by atoms with Crippen LogP contribution >= 0.6 is 0 Å². The van der Waals surface area contributed by atoms with E-state index < -0.39 is 11.7 Å². The van der Waals surface area contributed by atoms with Crippen molar-refractivity contribution in [2.45, 2.75) is 20.8 Å². The third-order valence-electron chi connectivity index (χ3n) is 2.25. The van der Waals surface area contributed by atoms with E-state index in [4.69, 9.17) is 21.1 Å². The lowest BCUT2D eigenvalue weighted by Crippen LogP contribution is -2.21. The Morgan fingerprint density at radius 3 is 2.67 bits per heavy atom. The lowest BCUT2D eigenvalue weighted by molar-refractivity contribution is 0.191.